The molecule has 0 aliphatic carbocycles. The molecule has 0 unspecified atom stereocenters. The Hall–Kier alpha value is -0.530. The fraction of sp³-hybridized carbons (Fsp3) is 0.600. The zero-order chi connectivity index (χ0) is 13.3. The molecule has 2 aliphatic heterocycles. The lowest BCUT2D eigenvalue weighted by Gasteiger charge is -2.22. The Kier molecular flexibility index (Phi) is 4.03. The number of carbonyl (C=O) groups excluding carboxylic acids is 1. The minimum Gasteiger partial charge on any atom is -0.342 e. The quantitative estimate of drug-likeness (QED) is 0.561. The maximum atomic E-state index is 11.6. The number of amides is 1. The number of hydrogen-bond acceptors (Lipinski definition) is 4. The Morgan fingerprint density at radius 2 is 2.33 bits per heavy atom. The summed E-state index contributed by atoms with van der Waals surface area (Å²) in [6.07, 6.45) is 1.68. The number of aliphatic imine (C=N–C) groups is 1. The van der Waals surface area contributed by atoms with E-state index in [4.69, 9.17) is 11.6 Å². The van der Waals surface area contributed by atoms with Crippen LogP contribution in [0.25, 0.3) is 0 Å². The number of fused-ring (bicyclic) bond motifs is 1. The first kappa shape index (κ1) is 13.9. The van der Waals surface area contributed by atoms with Gasteiger partial charge in [-0.15, -0.1) is 18.2 Å². The van der Waals surface area contributed by atoms with E-state index in [9.17, 15) is 13.2 Å². The second kappa shape index (κ2) is 5.22. The predicted octanol–water partition coefficient (Wildman–Crippen LogP) is 0.508. The largest absolute Gasteiger partial charge is 0.342 e. The van der Waals surface area contributed by atoms with Gasteiger partial charge in [-0.05, 0) is 0 Å². The van der Waals surface area contributed by atoms with Crippen LogP contribution in [0.3, 0.4) is 0 Å². The van der Waals surface area contributed by atoms with Gasteiger partial charge in [0.05, 0.1) is 17.5 Å². The molecule has 5 nitrogen and oxygen atoms in total. The SMILES string of the molecule is C=CCN1C(=NC(=O)CCl)S[C@@H]2CS(=O)(=O)C[C@H]21. The smallest absolute Gasteiger partial charge is 0.262 e. The molecule has 0 radical (unpaired) electrons. The lowest BCUT2D eigenvalue weighted by molar-refractivity contribution is -0.115. The highest BCUT2D eigenvalue weighted by Crippen LogP contribution is 2.37. The van der Waals surface area contributed by atoms with Crippen molar-refractivity contribution in [2.75, 3.05) is 23.9 Å². The summed E-state index contributed by atoms with van der Waals surface area (Å²) in [6.45, 7) is 4.13. The lowest BCUT2D eigenvalue weighted by Crippen LogP contribution is -2.37. The van der Waals surface area contributed by atoms with Crippen LogP contribution in [-0.4, -0.2) is 59.6 Å². The van der Waals surface area contributed by atoms with Gasteiger partial charge in [0.15, 0.2) is 15.0 Å². The van der Waals surface area contributed by atoms with Crippen LogP contribution in [0.1, 0.15) is 0 Å². The summed E-state index contributed by atoms with van der Waals surface area (Å²) in [7, 11) is -2.98. The number of amidine groups is 1. The third-order valence-corrected chi connectivity index (χ3v) is 6.31. The number of sulfone groups is 1. The van der Waals surface area contributed by atoms with E-state index in [1.165, 1.54) is 11.8 Å². The van der Waals surface area contributed by atoms with Crippen molar-refractivity contribution in [1.82, 2.24) is 4.90 Å². The molecule has 2 rings (SSSR count). The Morgan fingerprint density at radius 3 is 2.94 bits per heavy atom. The van der Waals surface area contributed by atoms with Crippen LogP contribution in [0, 0.1) is 0 Å². The minimum absolute atomic E-state index is 0.0446. The molecular weight excluding hydrogens is 296 g/mol. The van der Waals surface area contributed by atoms with E-state index in [1.807, 2.05) is 4.90 Å². The number of nitrogens with zero attached hydrogens (tertiary/aromatic N) is 2. The topological polar surface area (TPSA) is 66.8 Å². The Morgan fingerprint density at radius 1 is 1.61 bits per heavy atom. The van der Waals surface area contributed by atoms with E-state index in [1.54, 1.807) is 6.08 Å². The van der Waals surface area contributed by atoms with Crippen molar-refractivity contribution in [2.45, 2.75) is 11.3 Å². The van der Waals surface area contributed by atoms with Crippen LogP contribution in [0.4, 0.5) is 0 Å². The highest BCUT2D eigenvalue weighted by Gasteiger charge is 2.48. The molecule has 8 heteroatoms. The standard InChI is InChI=1S/C10H13ClN2O3S2/c1-2-3-13-7-5-18(15,16)6-8(7)17-10(13)12-9(14)4-11/h2,7-8H,1,3-6H2/t7-,8-/m1/s1. The van der Waals surface area contributed by atoms with Crippen LogP contribution >= 0.6 is 23.4 Å². The highest BCUT2D eigenvalue weighted by atomic mass is 35.5. The molecular formula is C10H13ClN2O3S2. The number of halogens is 1. The van der Waals surface area contributed by atoms with Crippen LogP contribution in [0.15, 0.2) is 17.6 Å². The summed E-state index contributed by atoms with van der Waals surface area (Å²) < 4.78 is 23.2. The normalized spacial score (nSPS) is 31.6. The van der Waals surface area contributed by atoms with E-state index >= 15 is 0 Å². The van der Waals surface area contributed by atoms with E-state index < -0.39 is 15.7 Å². The van der Waals surface area contributed by atoms with Crippen LogP contribution < -0.4 is 0 Å². The molecule has 0 spiro atoms. The molecule has 0 aromatic heterocycles. The molecule has 0 N–H and O–H groups in total. The van der Waals surface area contributed by atoms with Gasteiger partial charge < -0.3 is 4.90 Å². The first-order valence-corrected chi connectivity index (χ1v) is 8.62. The van der Waals surface area contributed by atoms with E-state index in [0.29, 0.717) is 11.7 Å². The van der Waals surface area contributed by atoms with E-state index in [0.717, 1.165) is 0 Å². The summed E-state index contributed by atoms with van der Waals surface area (Å²) in [5, 5.41) is 0.516. The zero-order valence-electron chi connectivity index (χ0n) is 9.58. The van der Waals surface area contributed by atoms with E-state index in [-0.39, 0.29) is 28.7 Å². The van der Waals surface area contributed by atoms with Crippen LogP contribution in [0.5, 0.6) is 0 Å². The maximum Gasteiger partial charge on any atom is 0.262 e. The second-order valence-corrected chi connectivity index (χ2v) is 7.79. The zero-order valence-corrected chi connectivity index (χ0v) is 12.0. The molecule has 2 atom stereocenters. The van der Waals surface area contributed by atoms with Crippen molar-refractivity contribution in [3.05, 3.63) is 12.7 Å². The Labute approximate surface area is 115 Å². The number of carbonyl (C=O) groups is 1. The first-order valence-electron chi connectivity index (χ1n) is 5.39. The van der Waals surface area contributed by atoms with Crippen molar-refractivity contribution < 1.29 is 13.2 Å². The van der Waals surface area contributed by atoms with Gasteiger partial charge in [-0.1, -0.05) is 17.8 Å². The molecule has 18 heavy (non-hydrogen) atoms. The second-order valence-electron chi connectivity index (χ2n) is 4.16. The van der Waals surface area contributed by atoms with Crippen molar-refractivity contribution in [2.24, 2.45) is 4.99 Å². The molecule has 0 saturated carbocycles. The van der Waals surface area contributed by atoms with Gasteiger partial charge in [0.2, 0.25) is 0 Å². The third kappa shape index (κ3) is 2.73. The molecule has 2 aliphatic rings. The molecule has 0 bridgehead atoms. The summed E-state index contributed by atoms with van der Waals surface area (Å²) in [4.78, 5) is 17.0. The van der Waals surface area contributed by atoms with Gasteiger partial charge in [-0.2, -0.15) is 4.99 Å². The summed E-state index contributed by atoms with van der Waals surface area (Å²) in [6, 6.07) is -0.111. The van der Waals surface area contributed by atoms with Crippen molar-refractivity contribution >= 4 is 44.3 Å². The molecule has 2 fully saturated rings. The fourth-order valence-electron chi connectivity index (χ4n) is 2.12. The van der Waals surface area contributed by atoms with E-state index in [2.05, 4.69) is 11.6 Å². The molecule has 100 valence electrons. The summed E-state index contributed by atoms with van der Waals surface area (Å²) >= 11 is 6.77. The van der Waals surface area contributed by atoms with Crippen molar-refractivity contribution in [3.63, 3.8) is 0 Å². The summed E-state index contributed by atoms with van der Waals surface area (Å²) in [5.41, 5.74) is 0. The van der Waals surface area contributed by atoms with Crippen LogP contribution in [-0.2, 0) is 14.6 Å². The van der Waals surface area contributed by atoms with Crippen LogP contribution in [0.2, 0.25) is 0 Å². The number of alkyl halides is 1. The Bertz CT molecular complexity index is 503. The predicted molar refractivity (Wildman–Crippen MR) is 73.9 cm³/mol. The lowest BCUT2D eigenvalue weighted by atomic mass is 10.2. The maximum absolute atomic E-state index is 11.6. The van der Waals surface area contributed by atoms with Gasteiger partial charge in [0, 0.05) is 11.8 Å². The minimum atomic E-state index is -2.98. The summed E-state index contributed by atoms with van der Waals surface area (Å²) in [5.74, 6) is -0.313. The monoisotopic (exact) mass is 308 g/mol. The Balaban J connectivity index is 2.24. The molecule has 0 aromatic rings. The number of hydrogen-bond donors (Lipinski definition) is 0. The van der Waals surface area contributed by atoms with Gasteiger partial charge >= 0.3 is 0 Å². The first-order chi connectivity index (χ1) is 8.46. The molecule has 2 saturated heterocycles. The number of rotatable bonds is 3. The third-order valence-electron chi connectivity index (χ3n) is 2.84. The van der Waals surface area contributed by atoms with Crippen molar-refractivity contribution in [1.29, 1.82) is 0 Å². The van der Waals surface area contributed by atoms with Gasteiger partial charge in [-0.25, -0.2) is 8.42 Å². The number of thioether (sulfide) groups is 1. The molecule has 2 heterocycles. The van der Waals surface area contributed by atoms with Gasteiger partial charge in [-0.3, -0.25) is 4.79 Å². The molecule has 0 aromatic carbocycles. The van der Waals surface area contributed by atoms with Gasteiger partial charge in [0.25, 0.3) is 5.91 Å². The van der Waals surface area contributed by atoms with Gasteiger partial charge in [0.1, 0.15) is 5.88 Å². The fourth-order valence-corrected chi connectivity index (χ4v) is 6.16. The average Bonchev–Trinajstić information content (AvgIpc) is 2.73. The average molecular weight is 309 g/mol. The molecule has 1 amide bonds. The highest BCUT2D eigenvalue weighted by molar-refractivity contribution is 8.15. The van der Waals surface area contributed by atoms with Crippen molar-refractivity contribution in [3.8, 4) is 0 Å².